The maximum Gasteiger partial charge on any atom is 0.762 e. The third-order valence-corrected chi connectivity index (χ3v) is 13.9. The first-order chi connectivity index (χ1) is 36.9. The van der Waals surface area contributed by atoms with Crippen LogP contribution in [0.1, 0.15) is 19.7 Å². The maximum absolute atomic E-state index is 11.4. The first kappa shape index (κ1) is 95.3. The predicted molar refractivity (Wildman–Crippen MR) is 259 cm³/mol. The number of nitrogens with two attached hydrogens (primary N) is 2. The van der Waals surface area contributed by atoms with E-state index in [1.54, 1.807) is 19.6 Å². The topological polar surface area (TPSA) is 279 Å². The number of methoxy groups -OCH3 is 1. The number of sulfonamides is 4. The number of aromatic nitrogens is 12. The minimum Gasteiger partial charge on any atom is -1.00 e. The van der Waals surface area contributed by atoms with Crippen molar-refractivity contribution in [3.8, 4) is 0 Å². The standard InChI is InChI=1S/C6H12N3O.2C6H11N2.C5H10N3.2C5H9N2.2C2F6NO4S2.BF3.FH.3HI/c1-10-5-4-8-2-3-9(7)6-8;1-6-7(2)4-5-8(6)3;1-3-8-5-4-7(2)6-8;1-2-7-3-4-8(6)5-7;2*1-6-3-4-7(2)5-6;2*3-1(4,5)14(10,11)9-15(12,13)2(6,7)8;2-1(3)4;;;;/h2-3,6H,4-5,7H2,1H3;4-5H,1-3H3;4-6H,3H2,1-2H3;3-5H,2,6H2,1H3;2*3-5H,1-2H3;;;;4*1H/q6*+1;2*-1;;;;;/p-4. The molecular weight excluding hydrogens is 1640 g/mol. The number of nitrogens with zero attached hydrogens (tertiary/aromatic N) is 14. The normalized spacial score (nSPS) is 11.1. The molecule has 504 valence electrons. The van der Waals surface area contributed by atoms with Crippen LogP contribution in [-0.4, -0.2) is 105 Å². The Morgan fingerprint density at radius 3 is 0.977 bits per heavy atom. The highest BCUT2D eigenvalue weighted by atomic mass is 127. The molecule has 0 saturated heterocycles. The maximum atomic E-state index is 11.4. The third-order valence-electron chi connectivity index (χ3n) is 8.43. The largest absolute Gasteiger partial charge is 1.00 e. The SMILES string of the molecule is CC[n+]1ccn(N)c1.CCn1cc[n+](C)c1.COCC[n+]1ccn(N)c1.Cc1n(C)cc[n+]1C.Cn1cc[n+](C)c1.Cn1cc[n+](C)c1.FB(F)F.O=S(=O)([N-]S(=O)(=O)C(F)(F)F)C(F)(F)F.O=S(=O)([N-]S(=O)(=O)C(F)(F)F)C(F)(F)F.[F-].[I-].[I-].[I-]. The van der Waals surface area contributed by atoms with Gasteiger partial charge in [0.25, 0.3) is 18.5 Å². The van der Waals surface area contributed by atoms with Gasteiger partial charge in [0, 0.05) is 14.0 Å². The summed E-state index contributed by atoms with van der Waals surface area (Å²) in [6.07, 6.45) is 33.3. The average molecular weight is 1700 g/mol. The molecule has 6 aromatic rings. The summed E-state index contributed by atoms with van der Waals surface area (Å²) in [4.78, 5) is 0. The smallest absolute Gasteiger partial charge is 0.762 e. The zero-order chi connectivity index (χ0) is 65.1. The van der Waals surface area contributed by atoms with Crippen molar-refractivity contribution in [3.05, 3.63) is 120 Å². The van der Waals surface area contributed by atoms with E-state index in [0.29, 0.717) is 6.61 Å². The molecule has 0 aliphatic carbocycles. The first-order valence-corrected chi connectivity index (χ1v) is 27.4. The first-order valence-electron chi connectivity index (χ1n) is 21.6. The summed E-state index contributed by atoms with van der Waals surface area (Å²) in [5.74, 6) is 12.0. The number of imidazole rings is 6. The Morgan fingerprint density at radius 2 is 0.837 bits per heavy atom. The number of nitrogen functional groups attached to an aromatic ring is 2. The molecule has 0 bridgehead atoms. The second-order valence-electron chi connectivity index (χ2n) is 15.3. The molecule has 86 heavy (non-hydrogen) atoms. The molecule has 0 atom stereocenters. The van der Waals surface area contributed by atoms with Crippen LogP contribution in [0.25, 0.3) is 8.25 Å². The molecule has 6 rings (SSSR count). The highest BCUT2D eigenvalue weighted by Crippen LogP contribution is 2.37. The van der Waals surface area contributed by atoms with Gasteiger partial charge in [-0.3, -0.25) is 24.6 Å². The van der Waals surface area contributed by atoms with Gasteiger partial charge < -0.3 is 89.6 Å². The fourth-order valence-electron chi connectivity index (χ4n) is 4.27. The zero-order valence-corrected chi connectivity index (χ0v) is 56.4. The summed E-state index contributed by atoms with van der Waals surface area (Å²) < 4.78 is 276. The summed E-state index contributed by atoms with van der Waals surface area (Å²) in [5.41, 5.74) is -24.8. The van der Waals surface area contributed by atoms with Crippen molar-refractivity contribution in [2.45, 2.75) is 62.4 Å². The Morgan fingerprint density at radius 1 is 0.523 bits per heavy atom. The van der Waals surface area contributed by atoms with Crippen molar-refractivity contribution in [3.63, 3.8) is 0 Å². The van der Waals surface area contributed by atoms with Crippen LogP contribution in [0.15, 0.2) is 106 Å². The highest BCUT2D eigenvalue weighted by molar-refractivity contribution is 8.13. The Kier molecular flexibility index (Phi) is 47.2. The average Bonchev–Trinajstić information content (AvgIpc) is 4.20. The summed E-state index contributed by atoms with van der Waals surface area (Å²) >= 11 is 0. The van der Waals surface area contributed by atoms with E-state index < -0.39 is 69.7 Å². The Balaban J connectivity index is -0.000000165. The Hall–Kier alpha value is -4.33. The van der Waals surface area contributed by atoms with Gasteiger partial charge in [-0.15, -0.1) is 9.35 Å². The molecular formula is C37H62BF16I3N16O9S4. The molecule has 25 nitrogen and oxygen atoms in total. The van der Waals surface area contributed by atoms with Crippen LogP contribution >= 0.6 is 0 Å². The van der Waals surface area contributed by atoms with Crippen LogP contribution in [-0.2, 0) is 114 Å². The van der Waals surface area contributed by atoms with Crippen molar-refractivity contribution in [2.75, 3.05) is 25.4 Å². The molecule has 49 heteroatoms. The molecule has 0 radical (unpaired) electrons. The van der Waals surface area contributed by atoms with Gasteiger partial charge in [-0.1, -0.05) is 0 Å². The van der Waals surface area contributed by atoms with Crippen molar-refractivity contribution in [1.82, 2.24) is 27.6 Å². The van der Waals surface area contributed by atoms with Crippen LogP contribution in [0.5, 0.6) is 0 Å². The highest BCUT2D eigenvalue weighted by Gasteiger charge is 2.48. The number of alkyl halides is 12. The molecule has 0 fully saturated rings. The summed E-state index contributed by atoms with van der Waals surface area (Å²) in [6.45, 7) is 9.88. The van der Waals surface area contributed by atoms with E-state index in [4.69, 9.17) is 16.4 Å². The van der Waals surface area contributed by atoms with Gasteiger partial charge in [0.1, 0.15) is 68.5 Å². The molecule has 6 aromatic heterocycles. The van der Waals surface area contributed by atoms with E-state index in [-0.39, 0.29) is 76.6 Å². The van der Waals surface area contributed by atoms with Crippen LogP contribution < -0.4 is 116 Å². The van der Waals surface area contributed by atoms with Crippen LogP contribution in [0.2, 0.25) is 0 Å². The van der Waals surface area contributed by atoms with E-state index in [9.17, 15) is 99.3 Å². The van der Waals surface area contributed by atoms with E-state index in [0.717, 1.165) is 27.9 Å². The molecule has 0 aromatic carbocycles. The second kappa shape index (κ2) is 42.6. The molecule has 0 aliphatic rings. The minimum absolute atomic E-state index is 0. The van der Waals surface area contributed by atoms with E-state index in [1.807, 2.05) is 162 Å². The van der Waals surface area contributed by atoms with Crippen LogP contribution in [0, 0.1) is 6.92 Å². The number of aryl methyl sites for hydroxylation is 9. The molecule has 0 aliphatic heterocycles. The van der Waals surface area contributed by atoms with Crippen LogP contribution in [0.3, 0.4) is 0 Å². The number of hydrogen-bond donors (Lipinski definition) is 2. The van der Waals surface area contributed by atoms with Gasteiger partial charge in [0.2, 0.25) is 19.0 Å². The predicted octanol–water partition coefficient (Wildman–Crippen LogP) is -10.2. The second-order valence-corrected chi connectivity index (χ2v) is 22.2. The van der Waals surface area contributed by atoms with Crippen molar-refractivity contribution < 1.29 is 208 Å². The lowest BCUT2D eigenvalue weighted by molar-refractivity contribution is -0.697. The summed E-state index contributed by atoms with van der Waals surface area (Å²) in [6, 6.07) is 0. The molecule has 0 unspecified atom stereocenters. The summed E-state index contributed by atoms with van der Waals surface area (Å²) in [5, 5.41) is 0. The monoisotopic (exact) mass is 1700 g/mol. The number of rotatable bonds is 9. The van der Waals surface area contributed by atoms with Crippen molar-refractivity contribution in [1.29, 1.82) is 0 Å². The third kappa shape index (κ3) is 41.0. The number of halogens is 19. The molecule has 6 heterocycles. The quantitative estimate of drug-likeness (QED) is 0.0451. The zero-order valence-electron chi connectivity index (χ0n) is 46.6. The Bertz CT molecular complexity index is 2930. The van der Waals surface area contributed by atoms with Gasteiger partial charge >= 0.3 is 29.6 Å². The van der Waals surface area contributed by atoms with Crippen molar-refractivity contribution >= 4 is 47.6 Å². The molecule has 0 amide bonds. The summed E-state index contributed by atoms with van der Waals surface area (Å²) in [7, 11) is -14.8. The molecule has 4 N–H and O–H groups in total. The Labute approximate surface area is 536 Å². The fourth-order valence-corrected chi connectivity index (χ4v) is 7.69. The number of hydrogen-bond acceptors (Lipinski definition) is 11. The van der Waals surface area contributed by atoms with Gasteiger partial charge in [-0.05, 0) is 13.8 Å². The minimum atomic E-state index is -6.72. The van der Waals surface area contributed by atoms with Gasteiger partial charge in [0.15, 0.2) is 52.5 Å². The van der Waals surface area contributed by atoms with E-state index >= 15 is 0 Å². The van der Waals surface area contributed by atoms with Gasteiger partial charge in [-0.2, -0.15) is 52.7 Å². The van der Waals surface area contributed by atoms with Gasteiger partial charge in [-0.25, -0.2) is 79.3 Å². The fraction of sp³-hybridized carbons (Fsp3) is 0.514. The lowest BCUT2D eigenvalue weighted by Crippen LogP contribution is -3.00. The van der Waals surface area contributed by atoms with Gasteiger partial charge in [0.05, 0.1) is 69.0 Å². The van der Waals surface area contributed by atoms with E-state index in [1.165, 1.54) is 15.2 Å². The van der Waals surface area contributed by atoms with E-state index in [2.05, 4.69) is 47.0 Å². The molecule has 0 spiro atoms. The van der Waals surface area contributed by atoms with Crippen molar-refractivity contribution in [2.24, 2.45) is 49.3 Å². The molecule has 0 saturated carbocycles. The lowest BCUT2D eigenvalue weighted by Gasteiger charge is -2.22. The lowest BCUT2D eigenvalue weighted by atomic mass is 10.5. The van der Waals surface area contributed by atoms with Crippen LogP contribution in [0.4, 0.5) is 65.6 Å². The number of ether oxygens (including phenoxy) is 1.